The number of nitrogens with zero attached hydrogens (tertiary/aromatic N) is 3. The van der Waals surface area contributed by atoms with Crippen LogP contribution in [0.25, 0.3) is 11.0 Å². The summed E-state index contributed by atoms with van der Waals surface area (Å²) < 4.78 is 23.5. The number of aromatic nitrogens is 1. The predicted molar refractivity (Wildman–Crippen MR) is 127 cm³/mol. The number of rotatable bonds is 10. The lowest BCUT2D eigenvalue weighted by Crippen LogP contribution is -2.42. The lowest BCUT2D eigenvalue weighted by molar-refractivity contribution is -0.187. The van der Waals surface area contributed by atoms with Gasteiger partial charge in [0.15, 0.2) is 11.9 Å². The molecule has 2 aliphatic heterocycles. The fourth-order valence-electron chi connectivity index (χ4n) is 5.02. The van der Waals surface area contributed by atoms with Gasteiger partial charge >= 0.3 is 0 Å². The van der Waals surface area contributed by atoms with Gasteiger partial charge in [0.05, 0.1) is 31.1 Å². The highest BCUT2D eigenvalue weighted by Crippen LogP contribution is 2.35. The molecular formula is C26H39N3O4. The van der Waals surface area contributed by atoms with Gasteiger partial charge in [-0.2, -0.15) is 0 Å². The van der Waals surface area contributed by atoms with Gasteiger partial charge in [0.25, 0.3) is 0 Å². The van der Waals surface area contributed by atoms with Crippen LogP contribution in [0.4, 0.5) is 0 Å². The van der Waals surface area contributed by atoms with Gasteiger partial charge in [-0.1, -0.05) is 5.16 Å². The highest BCUT2D eigenvalue weighted by molar-refractivity contribution is 5.84. The average molecular weight is 458 g/mol. The first-order valence-electron chi connectivity index (χ1n) is 12.8. The molecule has 0 N–H and O–H groups in total. The largest absolute Gasteiger partial charge is 0.493 e. The van der Waals surface area contributed by atoms with Gasteiger partial charge in [-0.15, -0.1) is 0 Å². The predicted octanol–water partition coefficient (Wildman–Crippen LogP) is 4.09. The highest BCUT2D eigenvalue weighted by Gasteiger charge is 2.26. The molecule has 1 aromatic carbocycles. The van der Waals surface area contributed by atoms with Crippen LogP contribution in [-0.4, -0.2) is 74.8 Å². The molecule has 3 fully saturated rings. The third-order valence-corrected chi connectivity index (χ3v) is 7.22. The van der Waals surface area contributed by atoms with E-state index in [2.05, 4.69) is 41.2 Å². The summed E-state index contributed by atoms with van der Waals surface area (Å²) in [6.07, 6.45) is 8.15. The topological polar surface area (TPSA) is 60.2 Å². The van der Waals surface area contributed by atoms with Crippen LogP contribution >= 0.6 is 0 Å². The lowest BCUT2D eigenvalue weighted by atomic mass is 9.91. The number of likely N-dealkylation sites (tertiary alicyclic amines) is 1. The Morgan fingerprint density at radius 3 is 2.58 bits per heavy atom. The van der Waals surface area contributed by atoms with Gasteiger partial charge < -0.3 is 23.6 Å². The summed E-state index contributed by atoms with van der Waals surface area (Å²) in [5.41, 5.74) is 3.11. The zero-order chi connectivity index (χ0) is 22.6. The van der Waals surface area contributed by atoms with Crippen LogP contribution in [0, 0.1) is 11.8 Å². The molecule has 1 saturated carbocycles. The van der Waals surface area contributed by atoms with E-state index in [1.165, 1.54) is 25.7 Å². The van der Waals surface area contributed by atoms with E-state index in [1.807, 2.05) is 0 Å². The summed E-state index contributed by atoms with van der Waals surface area (Å²) >= 11 is 0. The van der Waals surface area contributed by atoms with Crippen LogP contribution in [-0.2, 0) is 22.4 Å². The Balaban J connectivity index is 1.17. The van der Waals surface area contributed by atoms with Crippen molar-refractivity contribution < 1.29 is 18.7 Å². The minimum atomic E-state index is -0.0358. The number of hydrogen-bond donors (Lipinski definition) is 0. The van der Waals surface area contributed by atoms with Crippen molar-refractivity contribution in [3.05, 3.63) is 23.4 Å². The standard InChI is InChI=1S/C26H39N3O4/c1-28(2)16-22-24(32-18-20-4-5-20)9-7-21-23(27-33-26(21)22)8-6-19-10-12-29(13-11-19)17-25-30-14-3-15-31-25/h7,9,19-20,25H,3-6,8,10-18H2,1-2H3. The number of fused-ring (bicyclic) bond motifs is 1. The summed E-state index contributed by atoms with van der Waals surface area (Å²) in [7, 11) is 4.17. The molecule has 2 aromatic rings. The highest BCUT2D eigenvalue weighted by atomic mass is 16.7. The van der Waals surface area contributed by atoms with Gasteiger partial charge in [-0.05, 0) is 96.1 Å². The second-order valence-electron chi connectivity index (χ2n) is 10.3. The van der Waals surface area contributed by atoms with Crippen molar-refractivity contribution in [2.75, 3.05) is 53.6 Å². The van der Waals surface area contributed by atoms with E-state index in [9.17, 15) is 0 Å². The number of ether oxygens (including phenoxy) is 3. The Bertz CT molecular complexity index is 896. The first kappa shape index (κ1) is 23.1. The molecule has 0 atom stereocenters. The van der Waals surface area contributed by atoms with Crippen molar-refractivity contribution in [1.29, 1.82) is 0 Å². The maximum atomic E-state index is 6.16. The summed E-state index contributed by atoms with van der Waals surface area (Å²) in [6, 6.07) is 4.27. The molecular weight excluding hydrogens is 418 g/mol. The molecule has 3 heterocycles. The molecule has 0 radical (unpaired) electrons. The smallest absolute Gasteiger partial charge is 0.175 e. The quantitative estimate of drug-likeness (QED) is 0.533. The van der Waals surface area contributed by atoms with Crippen molar-refractivity contribution >= 4 is 11.0 Å². The first-order valence-corrected chi connectivity index (χ1v) is 12.8. The Morgan fingerprint density at radius 1 is 1.06 bits per heavy atom. The van der Waals surface area contributed by atoms with Gasteiger partial charge in [-0.3, -0.25) is 4.90 Å². The number of piperidine rings is 1. The van der Waals surface area contributed by atoms with E-state index >= 15 is 0 Å². The van der Waals surface area contributed by atoms with Crippen LogP contribution in [0.3, 0.4) is 0 Å². The van der Waals surface area contributed by atoms with Gasteiger partial charge in [0.2, 0.25) is 0 Å². The van der Waals surface area contributed by atoms with E-state index in [-0.39, 0.29) is 6.29 Å². The van der Waals surface area contributed by atoms with Crippen LogP contribution < -0.4 is 4.74 Å². The van der Waals surface area contributed by atoms with Crippen LogP contribution in [0.15, 0.2) is 16.7 Å². The molecule has 1 aliphatic carbocycles. The first-order chi connectivity index (χ1) is 16.2. The Hall–Kier alpha value is -1.67. The Morgan fingerprint density at radius 2 is 1.85 bits per heavy atom. The summed E-state index contributed by atoms with van der Waals surface area (Å²) in [5, 5.41) is 5.64. The fraction of sp³-hybridized carbons (Fsp3) is 0.731. The maximum absolute atomic E-state index is 6.16. The number of benzene rings is 1. The molecule has 3 aliphatic rings. The monoisotopic (exact) mass is 457 g/mol. The molecule has 0 unspecified atom stereocenters. The van der Waals surface area contributed by atoms with Crippen molar-refractivity contribution in [3.63, 3.8) is 0 Å². The fourth-order valence-corrected chi connectivity index (χ4v) is 5.02. The van der Waals surface area contributed by atoms with E-state index in [1.54, 1.807) is 0 Å². The molecule has 7 nitrogen and oxygen atoms in total. The van der Waals surface area contributed by atoms with Crippen molar-refractivity contribution in [3.8, 4) is 5.75 Å². The molecule has 1 aromatic heterocycles. The van der Waals surface area contributed by atoms with Gasteiger partial charge in [-0.25, -0.2) is 0 Å². The maximum Gasteiger partial charge on any atom is 0.175 e. The van der Waals surface area contributed by atoms with Crippen molar-refractivity contribution in [1.82, 2.24) is 15.0 Å². The summed E-state index contributed by atoms with van der Waals surface area (Å²) in [6.45, 7) is 6.42. The second kappa shape index (κ2) is 10.7. The second-order valence-corrected chi connectivity index (χ2v) is 10.3. The number of hydrogen-bond acceptors (Lipinski definition) is 7. The molecule has 33 heavy (non-hydrogen) atoms. The lowest BCUT2D eigenvalue weighted by Gasteiger charge is -2.35. The summed E-state index contributed by atoms with van der Waals surface area (Å²) in [5.74, 6) is 2.42. The minimum Gasteiger partial charge on any atom is -0.493 e. The van der Waals surface area contributed by atoms with E-state index in [0.717, 1.165) is 105 Å². The molecule has 182 valence electrons. The normalized spacial score (nSPS) is 21.3. The van der Waals surface area contributed by atoms with Crippen molar-refractivity contribution in [2.24, 2.45) is 11.8 Å². The number of aryl methyl sites for hydroxylation is 1. The minimum absolute atomic E-state index is 0.0358. The average Bonchev–Trinajstić information content (AvgIpc) is 3.56. The van der Waals surface area contributed by atoms with Crippen molar-refractivity contribution in [2.45, 2.75) is 57.8 Å². The molecule has 0 bridgehead atoms. The van der Waals surface area contributed by atoms with Crippen LogP contribution in [0.1, 0.15) is 49.8 Å². The third-order valence-electron chi connectivity index (χ3n) is 7.22. The van der Waals surface area contributed by atoms with E-state index in [4.69, 9.17) is 18.7 Å². The van der Waals surface area contributed by atoms with Crippen LogP contribution in [0.5, 0.6) is 5.75 Å². The molecule has 0 amide bonds. The third kappa shape index (κ3) is 6.07. The Labute approximate surface area is 197 Å². The zero-order valence-corrected chi connectivity index (χ0v) is 20.3. The van der Waals surface area contributed by atoms with Gasteiger partial charge in [0, 0.05) is 18.5 Å². The Kier molecular flexibility index (Phi) is 7.50. The van der Waals surface area contributed by atoms with Crippen LogP contribution in [0.2, 0.25) is 0 Å². The summed E-state index contributed by atoms with van der Waals surface area (Å²) in [4.78, 5) is 4.66. The zero-order valence-electron chi connectivity index (χ0n) is 20.3. The SMILES string of the molecule is CN(C)Cc1c(OCC2CC2)ccc2c(CCC3CCN(CC4OCCCO4)CC3)noc12. The van der Waals surface area contributed by atoms with E-state index in [0.29, 0.717) is 0 Å². The molecule has 7 heteroatoms. The molecule has 2 saturated heterocycles. The molecule has 5 rings (SSSR count). The molecule has 0 spiro atoms. The van der Waals surface area contributed by atoms with E-state index < -0.39 is 0 Å². The van der Waals surface area contributed by atoms with Gasteiger partial charge in [0.1, 0.15) is 5.75 Å².